The Kier molecular flexibility index (Phi) is 3.95. The Morgan fingerprint density at radius 1 is 1.31 bits per heavy atom. The SMILES string of the molecule is O=C(O)CC(Cl)C(=O)c1ccc(F)c(F)c1. The molecule has 86 valence electrons. The zero-order chi connectivity index (χ0) is 12.3. The average molecular weight is 249 g/mol. The molecular weight excluding hydrogens is 242 g/mol. The number of alkyl halides is 1. The second-order valence-electron chi connectivity index (χ2n) is 3.06. The van der Waals surface area contributed by atoms with E-state index in [1.54, 1.807) is 0 Å². The summed E-state index contributed by atoms with van der Waals surface area (Å²) in [6.45, 7) is 0. The predicted octanol–water partition coefficient (Wildman–Crippen LogP) is 2.23. The number of ketones is 1. The highest BCUT2D eigenvalue weighted by atomic mass is 35.5. The Hall–Kier alpha value is -1.49. The first kappa shape index (κ1) is 12.6. The van der Waals surface area contributed by atoms with Gasteiger partial charge in [0.25, 0.3) is 0 Å². The molecule has 1 atom stereocenters. The molecule has 1 N–H and O–H groups in total. The van der Waals surface area contributed by atoms with Crippen LogP contribution in [0.4, 0.5) is 8.78 Å². The van der Waals surface area contributed by atoms with Gasteiger partial charge in [-0.3, -0.25) is 9.59 Å². The van der Waals surface area contributed by atoms with E-state index in [-0.39, 0.29) is 5.56 Å². The Balaban J connectivity index is 2.88. The molecule has 0 aliphatic rings. The number of hydrogen-bond donors (Lipinski definition) is 1. The van der Waals surface area contributed by atoms with Crippen LogP contribution in [0.5, 0.6) is 0 Å². The first-order valence-corrected chi connectivity index (χ1v) is 4.70. The number of benzene rings is 1. The summed E-state index contributed by atoms with van der Waals surface area (Å²) >= 11 is 5.51. The summed E-state index contributed by atoms with van der Waals surface area (Å²) < 4.78 is 25.3. The fraction of sp³-hybridized carbons (Fsp3) is 0.200. The van der Waals surface area contributed by atoms with Gasteiger partial charge in [0.05, 0.1) is 6.42 Å². The summed E-state index contributed by atoms with van der Waals surface area (Å²) in [7, 11) is 0. The summed E-state index contributed by atoms with van der Waals surface area (Å²) in [6.07, 6.45) is -0.570. The number of carboxylic acid groups (broad SMARTS) is 1. The van der Waals surface area contributed by atoms with Crippen LogP contribution in [-0.2, 0) is 4.79 Å². The van der Waals surface area contributed by atoms with E-state index in [9.17, 15) is 18.4 Å². The van der Waals surface area contributed by atoms with Crippen molar-refractivity contribution >= 4 is 23.4 Å². The molecule has 0 aliphatic carbocycles. The van der Waals surface area contributed by atoms with E-state index in [1.165, 1.54) is 0 Å². The topological polar surface area (TPSA) is 54.4 Å². The quantitative estimate of drug-likeness (QED) is 0.657. The second kappa shape index (κ2) is 5.03. The average Bonchev–Trinajstić information content (AvgIpc) is 2.20. The normalized spacial score (nSPS) is 12.2. The number of rotatable bonds is 4. The molecule has 0 radical (unpaired) electrons. The molecule has 3 nitrogen and oxygen atoms in total. The van der Waals surface area contributed by atoms with E-state index in [1.807, 2.05) is 0 Å². The lowest BCUT2D eigenvalue weighted by Crippen LogP contribution is -2.18. The van der Waals surface area contributed by atoms with Crippen LogP contribution in [0.25, 0.3) is 0 Å². The molecule has 1 aromatic carbocycles. The van der Waals surface area contributed by atoms with Crippen LogP contribution in [0.15, 0.2) is 18.2 Å². The minimum Gasteiger partial charge on any atom is -0.481 e. The molecule has 0 heterocycles. The number of carboxylic acids is 1. The van der Waals surface area contributed by atoms with Crippen LogP contribution in [0.2, 0.25) is 0 Å². The van der Waals surface area contributed by atoms with Gasteiger partial charge in [0, 0.05) is 5.56 Å². The molecule has 0 aromatic heterocycles. The fourth-order valence-electron chi connectivity index (χ4n) is 1.08. The van der Waals surface area contributed by atoms with Crippen molar-refractivity contribution in [3.8, 4) is 0 Å². The van der Waals surface area contributed by atoms with Crippen molar-refractivity contribution in [3.63, 3.8) is 0 Å². The highest BCUT2D eigenvalue weighted by Gasteiger charge is 2.21. The third-order valence-corrected chi connectivity index (χ3v) is 2.19. The fourth-order valence-corrected chi connectivity index (χ4v) is 1.33. The van der Waals surface area contributed by atoms with Gasteiger partial charge in [0.2, 0.25) is 0 Å². The van der Waals surface area contributed by atoms with Crippen molar-refractivity contribution in [2.75, 3.05) is 0 Å². The van der Waals surface area contributed by atoms with E-state index >= 15 is 0 Å². The van der Waals surface area contributed by atoms with Gasteiger partial charge in [-0.15, -0.1) is 11.6 Å². The van der Waals surface area contributed by atoms with Crippen molar-refractivity contribution in [1.29, 1.82) is 0 Å². The van der Waals surface area contributed by atoms with Gasteiger partial charge < -0.3 is 5.11 Å². The number of halogens is 3. The van der Waals surface area contributed by atoms with Crippen LogP contribution < -0.4 is 0 Å². The van der Waals surface area contributed by atoms with Crippen molar-refractivity contribution < 1.29 is 23.5 Å². The highest BCUT2D eigenvalue weighted by Crippen LogP contribution is 2.14. The van der Waals surface area contributed by atoms with Crippen LogP contribution >= 0.6 is 11.6 Å². The van der Waals surface area contributed by atoms with E-state index in [2.05, 4.69) is 0 Å². The van der Waals surface area contributed by atoms with E-state index in [0.717, 1.165) is 12.1 Å². The van der Waals surface area contributed by atoms with Crippen molar-refractivity contribution in [2.45, 2.75) is 11.8 Å². The first-order valence-electron chi connectivity index (χ1n) is 4.27. The first-order chi connectivity index (χ1) is 7.41. The molecular formula is C10H7ClF2O3. The Labute approximate surface area is 94.6 Å². The lowest BCUT2D eigenvalue weighted by molar-refractivity contribution is -0.136. The number of carbonyl (C=O) groups excluding carboxylic acids is 1. The third-order valence-electron chi connectivity index (χ3n) is 1.84. The zero-order valence-electron chi connectivity index (χ0n) is 7.91. The van der Waals surface area contributed by atoms with Crippen LogP contribution in [0.1, 0.15) is 16.8 Å². The van der Waals surface area contributed by atoms with Gasteiger partial charge in [-0.2, -0.15) is 0 Å². The summed E-state index contributed by atoms with van der Waals surface area (Å²) in [5.74, 6) is -4.25. The molecule has 6 heteroatoms. The molecule has 0 aliphatic heterocycles. The summed E-state index contributed by atoms with van der Waals surface area (Å²) in [5.41, 5.74) is -0.153. The Morgan fingerprint density at radius 3 is 2.44 bits per heavy atom. The van der Waals surface area contributed by atoms with Crippen LogP contribution in [0, 0.1) is 11.6 Å². The van der Waals surface area contributed by atoms with E-state index < -0.39 is 35.2 Å². The van der Waals surface area contributed by atoms with Gasteiger partial charge in [0.1, 0.15) is 5.38 Å². The minimum absolute atomic E-state index is 0.153. The molecule has 0 spiro atoms. The standard InChI is InChI=1S/C10H7ClF2O3/c11-6(4-9(14)15)10(16)5-1-2-7(12)8(13)3-5/h1-3,6H,4H2,(H,14,15). The second-order valence-corrected chi connectivity index (χ2v) is 3.59. The van der Waals surface area contributed by atoms with Gasteiger partial charge in [0.15, 0.2) is 17.4 Å². The maximum atomic E-state index is 12.8. The Morgan fingerprint density at radius 2 is 1.94 bits per heavy atom. The van der Waals surface area contributed by atoms with Gasteiger partial charge in [-0.25, -0.2) is 8.78 Å². The van der Waals surface area contributed by atoms with Crippen molar-refractivity contribution in [2.24, 2.45) is 0 Å². The lowest BCUT2D eigenvalue weighted by atomic mass is 10.1. The molecule has 0 saturated heterocycles. The van der Waals surface area contributed by atoms with Crippen LogP contribution in [0.3, 0.4) is 0 Å². The van der Waals surface area contributed by atoms with Gasteiger partial charge >= 0.3 is 5.97 Å². The van der Waals surface area contributed by atoms with Crippen molar-refractivity contribution in [3.05, 3.63) is 35.4 Å². The summed E-state index contributed by atoms with van der Waals surface area (Å²) in [5, 5.41) is 7.12. The molecule has 16 heavy (non-hydrogen) atoms. The zero-order valence-corrected chi connectivity index (χ0v) is 8.67. The largest absolute Gasteiger partial charge is 0.481 e. The molecule has 1 rings (SSSR count). The molecule has 1 aromatic rings. The van der Waals surface area contributed by atoms with Gasteiger partial charge in [-0.05, 0) is 18.2 Å². The highest BCUT2D eigenvalue weighted by molar-refractivity contribution is 6.34. The van der Waals surface area contributed by atoms with Crippen LogP contribution in [-0.4, -0.2) is 22.2 Å². The monoisotopic (exact) mass is 248 g/mol. The third kappa shape index (κ3) is 3.00. The number of Topliss-reactive ketones (excluding diaryl/α,β-unsaturated/α-hetero) is 1. The summed E-state index contributed by atoms with van der Waals surface area (Å²) in [6, 6.07) is 2.53. The number of aliphatic carboxylic acids is 1. The molecule has 1 unspecified atom stereocenters. The molecule has 0 amide bonds. The number of carbonyl (C=O) groups is 2. The molecule has 0 fully saturated rings. The molecule has 0 bridgehead atoms. The van der Waals surface area contributed by atoms with Crippen molar-refractivity contribution in [1.82, 2.24) is 0 Å². The number of hydrogen-bond acceptors (Lipinski definition) is 2. The maximum absolute atomic E-state index is 12.8. The lowest BCUT2D eigenvalue weighted by Gasteiger charge is -2.05. The minimum atomic E-state index is -1.29. The smallest absolute Gasteiger partial charge is 0.305 e. The Bertz CT molecular complexity index is 434. The van der Waals surface area contributed by atoms with Gasteiger partial charge in [-0.1, -0.05) is 0 Å². The maximum Gasteiger partial charge on any atom is 0.305 e. The van der Waals surface area contributed by atoms with E-state index in [0.29, 0.717) is 6.07 Å². The predicted molar refractivity (Wildman–Crippen MR) is 52.6 cm³/mol. The molecule has 0 saturated carbocycles. The van der Waals surface area contributed by atoms with E-state index in [4.69, 9.17) is 16.7 Å². The summed E-state index contributed by atoms with van der Waals surface area (Å²) in [4.78, 5) is 21.8.